The first kappa shape index (κ1) is 18.5. The zero-order chi connectivity index (χ0) is 16.2. The van der Waals surface area contributed by atoms with E-state index in [0.29, 0.717) is 13.0 Å². The van der Waals surface area contributed by atoms with Crippen molar-refractivity contribution in [3.63, 3.8) is 0 Å². The van der Waals surface area contributed by atoms with Crippen LogP contribution in [0.2, 0.25) is 10.0 Å². The molecule has 1 amide bonds. The third-order valence-corrected chi connectivity index (χ3v) is 4.82. The number of nitrogens with one attached hydrogen (secondary N) is 1. The van der Waals surface area contributed by atoms with E-state index in [9.17, 15) is 13.2 Å². The molecule has 0 aromatic heterocycles. The first-order valence-electron chi connectivity index (χ1n) is 5.94. The molecule has 0 aliphatic rings. The second kappa shape index (κ2) is 7.65. The standard InChI is InChI=1S/C12H14Cl3NO4S/c1-3-7(6-20-2)16-12(17)8-4-11(21(15,18)19)10(14)5-9(8)13/h4-5,7H,3,6H2,1-2H3,(H,16,17). The molecule has 1 aromatic rings. The summed E-state index contributed by atoms with van der Waals surface area (Å²) in [6.45, 7) is 2.20. The smallest absolute Gasteiger partial charge is 0.262 e. The predicted molar refractivity (Wildman–Crippen MR) is 82.9 cm³/mol. The molecular weight excluding hydrogens is 361 g/mol. The second-order valence-corrected chi connectivity index (χ2v) is 7.58. The summed E-state index contributed by atoms with van der Waals surface area (Å²) < 4.78 is 27.8. The van der Waals surface area contributed by atoms with Crippen LogP contribution in [-0.4, -0.2) is 34.1 Å². The highest BCUT2D eigenvalue weighted by atomic mass is 35.7. The summed E-state index contributed by atoms with van der Waals surface area (Å²) in [6, 6.07) is 2.01. The number of benzene rings is 1. The first-order chi connectivity index (χ1) is 9.70. The Labute approximate surface area is 137 Å². The van der Waals surface area contributed by atoms with Crippen LogP contribution in [0.3, 0.4) is 0 Å². The largest absolute Gasteiger partial charge is 0.383 e. The fourth-order valence-corrected chi connectivity index (χ4v) is 3.44. The Balaban J connectivity index is 3.15. The topological polar surface area (TPSA) is 72.5 Å². The summed E-state index contributed by atoms with van der Waals surface area (Å²) in [7, 11) is 2.71. The van der Waals surface area contributed by atoms with E-state index in [2.05, 4.69) is 5.32 Å². The predicted octanol–water partition coefficient (Wildman–Crippen LogP) is 3.08. The lowest BCUT2D eigenvalue weighted by Crippen LogP contribution is -2.37. The minimum atomic E-state index is -4.07. The normalized spacial score (nSPS) is 13.0. The van der Waals surface area contributed by atoms with E-state index in [1.54, 1.807) is 0 Å². The van der Waals surface area contributed by atoms with Crippen molar-refractivity contribution >= 4 is 48.8 Å². The highest BCUT2D eigenvalue weighted by Gasteiger charge is 2.22. The molecule has 1 N–H and O–H groups in total. The lowest BCUT2D eigenvalue weighted by atomic mass is 10.1. The van der Waals surface area contributed by atoms with E-state index in [1.165, 1.54) is 13.2 Å². The molecule has 118 valence electrons. The zero-order valence-electron chi connectivity index (χ0n) is 11.3. The van der Waals surface area contributed by atoms with Crippen LogP contribution in [0.4, 0.5) is 0 Å². The Morgan fingerprint density at radius 3 is 2.43 bits per heavy atom. The van der Waals surface area contributed by atoms with Gasteiger partial charge in [0.05, 0.1) is 28.3 Å². The fourth-order valence-electron chi connectivity index (χ4n) is 1.62. The van der Waals surface area contributed by atoms with Crippen LogP contribution in [0.5, 0.6) is 0 Å². The number of hydrogen-bond acceptors (Lipinski definition) is 4. The molecule has 0 spiro atoms. The van der Waals surface area contributed by atoms with Crippen LogP contribution < -0.4 is 5.32 Å². The van der Waals surface area contributed by atoms with E-state index in [4.69, 9.17) is 38.6 Å². The van der Waals surface area contributed by atoms with Crippen molar-refractivity contribution in [3.8, 4) is 0 Å². The van der Waals surface area contributed by atoms with Gasteiger partial charge >= 0.3 is 0 Å². The maximum atomic E-state index is 12.2. The Kier molecular flexibility index (Phi) is 6.74. The van der Waals surface area contributed by atoms with Gasteiger partial charge in [-0.3, -0.25) is 4.79 Å². The molecule has 1 aromatic carbocycles. The third-order valence-electron chi connectivity index (χ3n) is 2.72. The van der Waals surface area contributed by atoms with Gasteiger partial charge in [-0.1, -0.05) is 30.1 Å². The van der Waals surface area contributed by atoms with E-state index in [0.717, 1.165) is 6.07 Å². The van der Waals surface area contributed by atoms with Crippen molar-refractivity contribution in [2.75, 3.05) is 13.7 Å². The molecule has 0 saturated heterocycles. The maximum absolute atomic E-state index is 12.2. The quantitative estimate of drug-likeness (QED) is 0.777. The molecule has 0 aliphatic heterocycles. The number of carbonyl (C=O) groups excluding carboxylic acids is 1. The van der Waals surface area contributed by atoms with Crippen molar-refractivity contribution in [2.45, 2.75) is 24.3 Å². The third kappa shape index (κ3) is 5.00. The molecule has 0 radical (unpaired) electrons. The number of halogens is 3. The average Bonchev–Trinajstić information content (AvgIpc) is 2.36. The zero-order valence-corrected chi connectivity index (χ0v) is 14.4. The van der Waals surface area contributed by atoms with Crippen molar-refractivity contribution in [3.05, 3.63) is 27.7 Å². The molecule has 0 fully saturated rings. The van der Waals surface area contributed by atoms with Gasteiger partial charge in [-0.05, 0) is 18.6 Å². The second-order valence-electron chi connectivity index (χ2n) is 4.23. The number of hydrogen-bond donors (Lipinski definition) is 1. The van der Waals surface area contributed by atoms with Crippen LogP contribution in [0.25, 0.3) is 0 Å². The molecule has 5 nitrogen and oxygen atoms in total. The van der Waals surface area contributed by atoms with Gasteiger partial charge in [0.15, 0.2) is 0 Å². The van der Waals surface area contributed by atoms with Crippen molar-refractivity contribution in [2.24, 2.45) is 0 Å². The summed E-state index contributed by atoms with van der Waals surface area (Å²) in [6.07, 6.45) is 0.644. The molecule has 0 bridgehead atoms. The summed E-state index contributed by atoms with van der Waals surface area (Å²) in [4.78, 5) is 11.8. The van der Waals surface area contributed by atoms with Gasteiger partial charge < -0.3 is 10.1 Å². The SMILES string of the molecule is CCC(COC)NC(=O)c1cc(S(=O)(=O)Cl)c(Cl)cc1Cl. The molecule has 0 aliphatic carbocycles. The Hall–Kier alpha value is -0.530. The molecule has 0 saturated carbocycles. The minimum absolute atomic E-state index is 0.0187. The van der Waals surface area contributed by atoms with Gasteiger partial charge in [-0.15, -0.1) is 0 Å². The highest BCUT2D eigenvalue weighted by molar-refractivity contribution is 8.13. The molecule has 21 heavy (non-hydrogen) atoms. The lowest BCUT2D eigenvalue weighted by Gasteiger charge is -2.16. The monoisotopic (exact) mass is 373 g/mol. The Morgan fingerprint density at radius 1 is 1.33 bits per heavy atom. The summed E-state index contributed by atoms with van der Waals surface area (Å²) in [5.74, 6) is -0.526. The molecular formula is C12H14Cl3NO4S. The fraction of sp³-hybridized carbons (Fsp3) is 0.417. The van der Waals surface area contributed by atoms with Gasteiger partial charge in [-0.2, -0.15) is 0 Å². The summed E-state index contributed by atoms with van der Waals surface area (Å²) in [5, 5.41) is 2.59. The van der Waals surface area contributed by atoms with Crippen LogP contribution in [0.1, 0.15) is 23.7 Å². The maximum Gasteiger partial charge on any atom is 0.262 e. The van der Waals surface area contributed by atoms with E-state index in [1.807, 2.05) is 6.92 Å². The van der Waals surface area contributed by atoms with E-state index >= 15 is 0 Å². The average molecular weight is 375 g/mol. The first-order valence-corrected chi connectivity index (χ1v) is 9.00. The van der Waals surface area contributed by atoms with Crippen LogP contribution in [0.15, 0.2) is 17.0 Å². The van der Waals surface area contributed by atoms with Crippen molar-refractivity contribution in [1.82, 2.24) is 5.32 Å². The number of carbonyl (C=O) groups is 1. The molecule has 0 heterocycles. The minimum Gasteiger partial charge on any atom is -0.383 e. The van der Waals surface area contributed by atoms with Crippen LogP contribution >= 0.6 is 33.9 Å². The highest BCUT2D eigenvalue weighted by Crippen LogP contribution is 2.30. The summed E-state index contributed by atoms with van der Waals surface area (Å²) in [5.41, 5.74) is -0.0187. The van der Waals surface area contributed by atoms with E-state index < -0.39 is 15.0 Å². The van der Waals surface area contributed by atoms with Gasteiger partial charge in [0.2, 0.25) is 0 Å². The number of methoxy groups -OCH3 is 1. The van der Waals surface area contributed by atoms with Gasteiger partial charge in [0.25, 0.3) is 15.0 Å². The lowest BCUT2D eigenvalue weighted by molar-refractivity contribution is 0.0894. The van der Waals surface area contributed by atoms with Gasteiger partial charge in [0, 0.05) is 17.8 Å². The Morgan fingerprint density at radius 2 is 1.95 bits per heavy atom. The van der Waals surface area contributed by atoms with Crippen LogP contribution in [0, 0.1) is 0 Å². The number of amides is 1. The number of ether oxygens (including phenoxy) is 1. The van der Waals surface area contributed by atoms with Gasteiger partial charge in [-0.25, -0.2) is 8.42 Å². The number of rotatable bonds is 6. The molecule has 9 heteroatoms. The van der Waals surface area contributed by atoms with Crippen molar-refractivity contribution in [1.29, 1.82) is 0 Å². The van der Waals surface area contributed by atoms with Crippen molar-refractivity contribution < 1.29 is 17.9 Å². The van der Waals surface area contributed by atoms with E-state index in [-0.39, 0.29) is 26.5 Å². The Bertz CT molecular complexity index is 634. The summed E-state index contributed by atoms with van der Waals surface area (Å²) >= 11 is 11.7. The molecule has 1 rings (SSSR count). The molecule has 1 unspecified atom stereocenters. The van der Waals surface area contributed by atoms with Gasteiger partial charge in [0.1, 0.15) is 4.90 Å². The molecule has 1 atom stereocenters. The van der Waals surface area contributed by atoms with Crippen LogP contribution in [-0.2, 0) is 13.8 Å².